The highest BCUT2D eigenvalue weighted by atomic mass is 35.5. The van der Waals surface area contributed by atoms with Crippen LogP contribution in [0.1, 0.15) is 31.1 Å². The van der Waals surface area contributed by atoms with E-state index >= 15 is 0 Å². The van der Waals surface area contributed by atoms with Gasteiger partial charge in [0, 0.05) is 5.69 Å². The molecule has 0 saturated heterocycles. The third-order valence-electron chi connectivity index (χ3n) is 3.25. The van der Waals surface area contributed by atoms with Crippen molar-refractivity contribution in [2.75, 3.05) is 5.73 Å². The molecule has 0 aliphatic heterocycles. The summed E-state index contributed by atoms with van der Waals surface area (Å²) in [6, 6.07) is 3.63. The van der Waals surface area contributed by atoms with Gasteiger partial charge in [-0.3, -0.25) is 0 Å². The first-order valence-corrected chi connectivity index (χ1v) is 6.94. The molecular formula is C12H19BClFN6O2. The normalized spacial score (nSPS) is 11.8. The van der Waals surface area contributed by atoms with Gasteiger partial charge < -0.3 is 21.5 Å². The van der Waals surface area contributed by atoms with Crippen LogP contribution >= 0.6 is 12.4 Å². The molecule has 1 aromatic carbocycles. The van der Waals surface area contributed by atoms with Gasteiger partial charge in [-0.1, -0.05) is 12.8 Å². The van der Waals surface area contributed by atoms with Crippen molar-refractivity contribution in [2.24, 2.45) is 5.73 Å². The molecule has 6 N–H and O–H groups in total. The van der Waals surface area contributed by atoms with E-state index in [0.29, 0.717) is 30.8 Å². The van der Waals surface area contributed by atoms with E-state index in [4.69, 9.17) is 21.5 Å². The minimum absolute atomic E-state index is 0. The highest BCUT2D eigenvalue weighted by Gasteiger charge is 2.18. The Bertz CT molecular complexity index is 629. The van der Waals surface area contributed by atoms with Crippen molar-refractivity contribution in [2.45, 2.75) is 31.6 Å². The molecule has 0 aliphatic rings. The van der Waals surface area contributed by atoms with Crippen molar-refractivity contribution >= 4 is 25.2 Å². The second-order valence-corrected chi connectivity index (χ2v) is 5.03. The predicted molar refractivity (Wildman–Crippen MR) is 86.6 cm³/mol. The third-order valence-corrected chi connectivity index (χ3v) is 3.25. The van der Waals surface area contributed by atoms with Gasteiger partial charge in [0.15, 0.2) is 5.82 Å². The third kappa shape index (κ3) is 5.14. The Balaban J connectivity index is 0.00000264. The first-order chi connectivity index (χ1) is 10.5. The molecule has 1 heterocycles. The maximum atomic E-state index is 13.9. The molecule has 126 valence electrons. The molecule has 0 radical (unpaired) electrons. The molecule has 1 unspecified atom stereocenters. The quantitative estimate of drug-likeness (QED) is 0.325. The summed E-state index contributed by atoms with van der Waals surface area (Å²) in [5.41, 5.74) is 12.2. The van der Waals surface area contributed by atoms with E-state index in [0.717, 1.165) is 0 Å². The van der Waals surface area contributed by atoms with Crippen molar-refractivity contribution < 1.29 is 14.4 Å². The second-order valence-electron chi connectivity index (χ2n) is 5.03. The van der Waals surface area contributed by atoms with E-state index in [1.165, 1.54) is 22.9 Å². The second kappa shape index (κ2) is 8.77. The summed E-state index contributed by atoms with van der Waals surface area (Å²) in [5.74, 6) is -0.174. The van der Waals surface area contributed by atoms with Gasteiger partial charge in [-0.05, 0) is 41.4 Å². The molecule has 11 heteroatoms. The van der Waals surface area contributed by atoms with Crippen LogP contribution in [-0.4, -0.2) is 37.4 Å². The van der Waals surface area contributed by atoms with E-state index in [2.05, 4.69) is 15.5 Å². The van der Waals surface area contributed by atoms with Crippen LogP contribution < -0.4 is 11.5 Å². The van der Waals surface area contributed by atoms with Gasteiger partial charge in [0.1, 0.15) is 11.5 Å². The first kappa shape index (κ1) is 19.3. The lowest BCUT2D eigenvalue weighted by Gasteiger charge is -2.12. The number of unbranched alkanes of at least 4 members (excludes halogenated alkanes) is 1. The topological polar surface area (TPSA) is 136 Å². The molecule has 1 aromatic heterocycles. The van der Waals surface area contributed by atoms with Gasteiger partial charge in [-0.15, -0.1) is 17.5 Å². The van der Waals surface area contributed by atoms with Crippen molar-refractivity contribution in [1.82, 2.24) is 20.2 Å². The van der Waals surface area contributed by atoms with Crippen LogP contribution in [0.3, 0.4) is 0 Å². The molecular weight excluding hydrogens is 325 g/mol. The summed E-state index contributed by atoms with van der Waals surface area (Å²) in [7, 11) is -1.32. The zero-order chi connectivity index (χ0) is 16.1. The van der Waals surface area contributed by atoms with Gasteiger partial charge in [0.25, 0.3) is 0 Å². The van der Waals surface area contributed by atoms with E-state index in [1.54, 1.807) is 0 Å². The standard InChI is InChI=1S/C12H18BFN6O2.ClH/c14-9-5-4-8(15)7-11(9)20-12(17-18-19-20)10(16)3-1-2-6-13(21)22;/h4-5,7,10,21-22H,1-3,6,15-16H2;1H. The molecule has 0 saturated carbocycles. The molecule has 23 heavy (non-hydrogen) atoms. The predicted octanol–water partition coefficient (Wildman–Crippen LogP) is 0.448. The monoisotopic (exact) mass is 344 g/mol. The summed E-state index contributed by atoms with van der Waals surface area (Å²) in [5, 5.41) is 28.7. The molecule has 0 fully saturated rings. The highest BCUT2D eigenvalue weighted by molar-refractivity contribution is 6.40. The van der Waals surface area contributed by atoms with Crippen LogP contribution in [0.25, 0.3) is 5.69 Å². The van der Waals surface area contributed by atoms with Crippen molar-refractivity contribution in [3.63, 3.8) is 0 Å². The van der Waals surface area contributed by atoms with E-state index in [1.807, 2.05) is 0 Å². The summed E-state index contributed by atoms with van der Waals surface area (Å²) in [6.45, 7) is 0. The van der Waals surface area contributed by atoms with E-state index in [9.17, 15) is 4.39 Å². The fourth-order valence-electron chi connectivity index (χ4n) is 2.11. The fraction of sp³-hybridized carbons (Fsp3) is 0.417. The van der Waals surface area contributed by atoms with Crippen LogP contribution in [0.15, 0.2) is 18.2 Å². The maximum Gasteiger partial charge on any atom is 0.451 e. The lowest BCUT2D eigenvalue weighted by atomic mass is 9.83. The van der Waals surface area contributed by atoms with Crippen molar-refractivity contribution in [1.29, 1.82) is 0 Å². The minimum atomic E-state index is -1.32. The van der Waals surface area contributed by atoms with Crippen molar-refractivity contribution in [3.05, 3.63) is 29.8 Å². The van der Waals surface area contributed by atoms with E-state index in [-0.39, 0.29) is 24.4 Å². The minimum Gasteiger partial charge on any atom is -0.427 e. The fourth-order valence-corrected chi connectivity index (χ4v) is 2.11. The number of rotatable bonds is 7. The zero-order valence-electron chi connectivity index (χ0n) is 12.3. The average Bonchev–Trinajstić information content (AvgIpc) is 2.95. The lowest BCUT2D eigenvalue weighted by molar-refractivity contribution is 0.400. The highest BCUT2D eigenvalue weighted by Crippen LogP contribution is 2.21. The number of tetrazole rings is 1. The molecule has 0 amide bonds. The Morgan fingerprint density at radius 1 is 1.30 bits per heavy atom. The van der Waals surface area contributed by atoms with Gasteiger partial charge in [0.2, 0.25) is 0 Å². The molecule has 0 spiro atoms. The molecule has 0 aliphatic carbocycles. The molecule has 1 atom stereocenters. The van der Waals surface area contributed by atoms with Gasteiger partial charge in [-0.25, -0.2) is 4.39 Å². The van der Waals surface area contributed by atoms with Crippen LogP contribution in [0, 0.1) is 5.82 Å². The van der Waals surface area contributed by atoms with Crippen LogP contribution in [-0.2, 0) is 0 Å². The summed E-state index contributed by atoms with van der Waals surface area (Å²) >= 11 is 0. The number of halogens is 2. The van der Waals surface area contributed by atoms with Gasteiger partial charge in [0.05, 0.1) is 6.04 Å². The number of nitrogen functional groups attached to an aromatic ring is 1. The Morgan fingerprint density at radius 2 is 2.04 bits per heavy atom. The number of nitrogens with zero attached hydrogens (tertiary/aromatic N) is 4. The Hall–Kier alpha value is -1.75. The van der Waals surface area contributed by atoms with Crippen molar-refractivity contribution in [3.8, 4) is 5.69 Å². The average molecular weight is 345 g/mol. The number of aromatic nitrogens is 4. The van der Waals surface area contributed by atoms with Gasteiger partial charge >= 0.3 is 7.12 Å². The Morgan fingerprint density at radius 3 is 2.74 bits per heavy atom. The lowest BCUT2D eigenvalue weighted by Crippen LogP contribution is -2.18. The van der Waals surface area contributed by atoms with Crippen LogP contribution in [0.2, 0.25) is 6.32 Å². The Labute approximate surface area is 139 Å². The number of benzene rings is 1. The number of nitrogens with two attached hydrogens (primary N) is 2. The summed E-state index contributed by atoms with van der Waals surface area (Å²) in [6.07, 6.45) is 2.10. The largest absolute Gasteiger partial charge is 0.451 e. The van der Waals surface area contributed by atoms with Gasteiger partial charge in [-0.2, -0.15) is 4.68 Å². The SMILES string of the molecule is Cl.Nc1ccc(F)c(-n2nnnc2C(N)CCCCB(O)O)c1. The van der Waals surface area contributed by atoms with Crippen LogP contribution in [0.5, 0.6) is 0 Å². The first-order valence-electron chi connectivity index (χ1n) is 6.94. The number of hydrogen-bond donors (Lipinski definition) is 4. The van der Waals surface area contributed by atoms with E-state index < -0.39 is 19.0 Å². The Kier molecular flexibility index (Phi) is 7.36. The van der Waals surface area contributed by atoms with Crippen LogP contribution in [0.4, 0.5) is 10.1 Å². The zero-order valence-corrected chi connectivity index (χ0v) is 13.2. The maximum absolute atomic E-state index is 13.9. The number of anilines is 1. The smallest absolute Gasteiger partial charge is 0.427 e. The number of hydrogen-bond acceptors (Lipinski definition) is 7. The summed E-state index contributed by atoms with van der Waals surface area (Å²) < 4.78 is 15.1. The molecule has 2 aromatic rings. The summed E-state index contributed by atoms with van der Waals surface area (Å²) in [4.78, 5) is 0. The molecule has 0 bridgehead atoms. The molecule has 8 nitrogen and oxygen atoms in total. The molecule has 2 rings (SSSR count).